The molecule has 136 valence electrons. The zero-order chi connectivity index (χ0) is 18.7. The van der Waals surface area contributed by atoms with E-state index in [2.05, 4.69) is 0 Å². The minimum absolute atomic E-state index is 0.0293. The molecule has 1 aromatic carbocycles. The lowest BCUT2D eigenvalue weighted by molar-refractivity contribution is -0.141. The van der Waals surface area contributed by atoms with Crippen molar-refractivity contribution in [1.82, 2.24) is 4.90 Å². The summed E-state index contributed by atoms with van der Waals surface area (Å²) in [6.45, 7) is 6.22. The molecule has 0 aliphatic carbocycles. The van der Waals surface area contributed by atoms with Gasteiger partial charge in [-0.3, -0.25) is 4.79 Å². The molecule has 0 bridgehead atoms. The van der Waals surface area contributed by atoms with Crippen LogP contribution in [0.15, 0.2) is 47.1 Å². The van der Waals surface area contributed by atoms with E-state index in [0.717, 1.165) is 11.8 Å². The maximum Gasteiger partial charge on any atom is 0.306 e. The Morgan fingerprint density at radius 2 is 1.88 bits per heavy atom. The van der Waals surface area contributed by atoms with Gasteiger partial charge in [-0.25, -0.2) is 0 Å². The van der Waals surface area contributed by atoms with Gasteiger partial charge in [0.15, 0.2) is 0 Å². The standard InChI is InChI=1S/C18H23NO5S/c1-18(2,3)17(20)19(13-16-9-6-10-23-16)12-14-7-5-8-15(11-14)24-25(4,21)22/h5-11H,12-13H2,1-4H3. The number of benzene rings is 1. The first-order valence-corrected chi connectivity index (χ1v) is 9.66. The fraction of sp³-hybridized carbons (Fsp3) is 0.389. The van der Waals surface area contributed by atoms with Crippen LogP contribution in [0.4, 0.5) is 0 Å². The molecule has 0 aliphatic rings. The fourth-order valence-electron chi connectivity index (χ4n) is 2.36. The Hall–Kier alpha value is -2.28. The zero-order valence-electron chi connectivity index (χ0n) is 14.9. The number of carbonyl (C=O) groups is 1. The number of amides is 1. The van der Waals surface area contributed by atoms with Crippen LogP contribution in [0.2, 0.25) is 0 Å². The highest BCUT2D eigenvalue weighted by Gasteiger charge is 2.28. The molecule has 0 N–H and O–H groups in total. The van der Waals surface area contributed by atoms with Crippen molar-refractivity contribution < 1.29 is 21.8 Å². The van der Waals surface area contributed by atoms with E-state index in [1.54, 1.807) is 35.4 Å². The Labute approximate surface area is 148 Å². The second-order valence-corrected chi connectivity index (χ2v) is 8.50. The maximum atomic E-state index is 12.8. The van der Waals surface area contributed by atoms with Gasteiger partial charge in [-0.05, 0) is 29.8 Å². The van der Waals surface area contributed by atoms with Gasteiger partial charge in [-0.2, -0.15) is 8.42 Å². The zero-order valence-corrected chi connectivity index (χ0v) is 15.7. The molecule has 0 fully saturated rings. The van der Waals surface area contributed by atoms with Crippen molar-refractivity contribution in [3.8, 4) is 5.75 Å². The summed E-state index contributed by atoms with van der Waals surface area (Å²) in [5, 5.41) is 0. The number of carbonyl (C=O) groups excluding carboxylic acids is 1. The van der Waals surface area contributed by atoms with Crippen molar-refractivity contribution in [1.29, 1.82) is 0 Å². The number of hydrogen-bond donors (Lipinski definition) is 0. The van der Waals surface area contributed by atoms with Crippen LogP contribution in [0, 0.1) is 5.41 Å². The van der Waals surface area contributed by atoms with Crippen LogP contribution < -0.4 is 4.18 Å². The summed E-state index contributed by atoms with van der Waals surface area (Å²) < 4.78 is 32.8. The highest BCUT2D eigenvalue weighted by molar-refractivity contribution is 7.86. The molecule has 2 aromatic rings. The van der Waals surface area contributed by atoms with Crippen LogP contribution in [0.1, 0.15) is 32.1 Å². The van der Waals surface area contributed by atoms with Crippen LogP contribution in [-0.4, -0.2) is 25.5 Å². The average Bonchev–Trinajstić information content (AvgIpc) is 2.96. The van der Waals surface area contributed by atoms with E-state index >= 15 is 0 Å². The first kappa shape index (κ1) is 19.1. The van der Waals surface area contributed by atoms with Gasteiger partial charge in [-0.1, -0.05) is 32.9 Å². The molecule has 0 saturated carbocycles. The van der Waals surface area contributed by atoms with E-state index in [0.29, 0.717) is 18.8 Å². The lowest BCUT2D eigenvalue weighted by Gasteiger charge is -2.29. The first-order chi connectivity index (χ1) is 11.5. The van der Waals surface area contributed by atoms with Gasteiger partial charge in [-0.15, -0.1) is 0 Å². The van der Waals surface area contributed by atoms with E-state index < -0.39 is 15.5 Å². The van der Waals surface area contributed by atoms with Crippen molar-refractivity contribution in [3.05, 3.63) is 54.0 Å². The van der Waals surface area contributed by atoms with Crippen molar-refractivity contribution in [2.45, 2.75) is 33.9 Å². The van der Waals surface area contributed by atoms with Gasteiger partial charge in [0.1, 0.15) is 11.5 Å². The summed E-state index contributed by atoms with van der Waals surface area (Å²) in [6, 6.07) is 10.3. The Morgan fingerprint density at radius 1 is 1.16 bits per heavy atom. The van der Waals surface area contributed by atoms with Crippen LogP contribution in [-0.2, 0) is 28.0 Å². The van der Waals surface area contributed by atoms with Gasteiger partial charge < -0.3 is 13.5 Å². The minimum Gasteiger partial charge on any atom is -0.467 e. The molecule has 1 aromatic heterocycles. The normalized spacial score (nSPS) is 12.0. The second kappa shape index (κ2) is 7.31. The molecule has 0 spiro atoms. The number of furan rings is 1. The molecule has 7 heteroatoms. The molecule has 25 heavy (non-hydrogen) atoms. The first-order valence-electron chi connectivity index (χ1n) is 7.85. The van der Waals surface area contributed by atoms with Crippen LogP contribution in [0.25, 0.3) is 0 Å². The Morgan fingerprint density at radius 3 is 2.44 bits per heavy atom. The summed E-state index contributed by atoms with van der Waals surface area (Å²) in [5.41, 5.74) is 0.221. The largest absolute Gasteiger partial charge is 0.467 e. The predicted octanol–water partition coefficient (Wildman–Crippen LogP) is 3.19. The minimum atomic E-state index is -3.60. The molecule has 0 atom stereocenters. The lowest BCUT2D eigenvalue weighted by atomic mass is 9.94. The molecule has 0 aliphatic heterocycles. The van der Waals surface area contributed by atoms with Gasteiger partial charge >= 0.3 is 10.1 Å². The molecule has 0 unspecified atom stereocenters. The second-order valence-electron chi connectivity index (χ2n) is 6.93. The average molecular weight is 365 g/mol. The monoisotopic (exact) mass is 365 g/mol. The summed E-state index contributed by atoms with van der Waals surface area (Å²) in [5.74, 6) is 0.876. The number of hydrogen-bond acceptors (Lipinski definition) is 5. The highest BCUT2D eigenvalue weighted by Crippen LogP contribution is 2.23. The summed E-state index contributed by atoms with van der Waals surface area (Å²) in [7, 11) is -3.60. The Balaban J connectivity index is 2.24. The Kier molecular flexibility index (Phi) is 5.57. The van der Waals surface area contributed by atoms with Gasteiger partial charge in [0.25, 0.3) is 0 Å². The predicted molar refractivity (Wildman–Crippen MR) is 94.3 cm³/mol. The lowest BCUT2D eigenvalue weighted by Crippen LogP contribution is -2.38. The van der Waals surface area contributed by atoms with Crippen LogP contribution in [0.3, 0.4) is 0 Å². The van der Waals surface area contributed by atoms with Gasteiger partial charge in [0, 0.05) is 12.0 Å². The third-order valence-corrected chi connectivity index (χ3v) is 3.87. The quantitative estimate of drug-likeness (QED) is 0.735. The van der Waals surface area contributed by atoms with Crippen molar-refractivity contribution in [3.63, 3.8) is 0 Å². The van der Waals surface area contributed by atoms with Gasteiger partial charge in [0.2, 0.25) is 5.91 Å². The third-order valence-electron chi connectivity index (χ3n) is 3.38. The number of rotatable bonds is 6. The maximum absolute atomic E-state index is 12.8. The van der Waals surface area contributed by atoms with E-state index in [9.17, 15) is 13.2 Å². The van der Waals surface area contributed by atoms with Crippen molar-refractivity contribution >= 4 is 16.0 Å². The highest BCUT2D eigenvalue weighted by atomic mass is 32.2. The summed E-state index contributed by atoms with van der Waals surface area (Å²) in [6.07, 6.45) is 2.56. The summed E-state index contributed by atoms with van der Waals surface area (Å²) in [4.78, 5) is 14.4. The van der Waals surface area contributed by atoms with Crippen LogP contribution in [0.5, 0.6) is 5.75 Å². The van der Waals surface area contributed by atoms with E-state index in [4.69, 9.17) is 8.60 Å². The van der Waals surface area contributed by atoms with Crippen molar-refractivity contribution in [2.75, 3.05) is 6.26 Å². The Bertz CT molecular complexity index is 819. The molecular weight excluding hydrogens is 342 g/mol. The van der Waals surface area contributed by atoms with E-state index in [-0.39, 0.29) is 11.7 Å². The van der Waals surface area contributed by atoms with E-state index in [1.165, 1.54) is 0 Å². The molecule has 1 heterocycles. The summed E-state index contributed by atoms with van der Waals surface area (Å²) >= 11 is 0. The molecule has 0 saturated heterocycles. The number of nitrogens with zero attached hydrogens (tertiary/aromatic N) is 1. The molecular formula is C18H23NO5S. The van der Waals surface area contributed by atoms with Gasteiger partial charge in [0.05, 0.1) is 19.1 Å². The van der Waals surface area contributed by atoms with Crippen molar-refractivity contribution in [2.24, 2.45) is 5.41 Å². The topological polar surface area (TPSA) is 76.8 Å². The fourth-order valence-corrected chi connectivity index (χ4v) is 2.81. The van der Waals surface area contributed by atoms with Crippen LogP contribution >= 0.6 is 0 Å². The molecule has 0 radical (unpaired) electrons. The molecule has 1 amide bonds. The SMILES string of the molecule is CC(C)(C)C(=O)N(Cc1cccc(OS(C)(=O)=O)c1)Cc1ccco1. The third kappa shape index (κ3) is 5.94. The smallest absolute Gasteiger partial charge is 0.306 e. The van der Waals surface area contributed by atoms with E-state index in [1.807, 2.05) is 32.9 Å². The molecule has 2 rings (SSSR count). The molecule has 6 nitrogen and oxygen atoms in total.